The van der Waals surface area contributed by atoms with E-state index in [0.29, 0.717) is 6.61 Å². The summed E-state index contributed by atoms with van der Waals surface area (Å²) in [4.78, 5) is 0. The zero-order valence-corrected chi connectivity index (χ0v) is 13.3. The van der Waals surface area contributed by atoms with Crippen LogP contribution in [0.5, 0.6) is 0 Å². The van der Waals surface area contributed by atoms with E-state index in [1.54, 1.807) is 0 Å². The second-order valence-electron chi connectivity index (χ2n) is 5.04. The zero-order chi connectivity index (χ0) is 15.6. The Labute approximate surface area is 133 Å². The lowest BCUT2D eigenvalue weighted by Crippen LogP contribution is -2.02. The molecule has 2 heteroatoms. The van der Waals surface area contributed by atoms with Gasteiger partial charge in [-0.05, 0) is 24.5 Å². The minimum absolute atomic E-state index is 0.554. The number of hydrogen-bond acceptors (Lipinski definition) is 2. The fourth-order valence-corrected chi connectivity index (χ4v) is 2.22. The zero-order valence-electron chi connectivity index (χ0n) is 13.3. The average Bonchev–Trinajstić information content (AvgIpc) is 2.78. The van der Waals surface area contributed by atoms with Crippen molar-refractivity contribution in [1.82, 2.24) is 5.32 Å². The minimum atomic E-state index is 0.554. The van der Waals surface area contributed by atoms with Crippen LogP contribution >= 0.6 is 0 Å². The second kappa shape index (κ2) is 8.73. The number of ether oxygens (including phenoxy) is 1. The third-order valence-electron chi connectivity index (χ3n) is 3.31. The Morgan fingerprint density at radius 1 is 1.23 bits per heavy atom. The molecule has 2 nitrogen and oxygen atoms in total. The molecular formula is C20H23NO. The number of benzene rings is 1. The standard InChI is InChI=1S/C20H23NO/c1-3-8-17-9-7-10-18(14-13-17)16-22-20(15-21-2)19-11-5-4-6-12-19/h3-8,10-15,21H,9,16H2,1-2H3/b8-3+,20-15-. The molecule has 0 saturated carbocycles. The molecule has 2 rings (SSSR count). The lowest BCUT2D eigenvalue weighted by atomic mass is 10.2. The van der Waals surface area contributed by atoms with Crippen molar-refractivity contribution in [3.63, 3.8) is 0 Å². The van der Waals surface area contributed by atoms with Crippen molar-refractivity contribution in [1.29, 1.82) is 0 Å². The van der Waals surface area contributed by atoms with Gasteiger partial charge in [-0.2, -0.15) is 0 Å². The third kappa shape index (κ3) is 4.81. The smallest absolute Gasteiger partial charge is 0.142 e. The molecule has 0 unspecified atom stereocenters. The summed E-state index contributed by atoms with van der Waals surface area (Å²) in [5, 5.41) is 3.04. The molecule has 0 spiro atoms. The van der Waals surface area contributed by atoms with Gasteiger partial charge in [-0.3, -0.25) is 0 Å². The molecule has 22 heavy (non-hydrogen) atoms. The molecule has 0 aliphatic heterocycles. The van der Waals surface area contributed by atoms with Crippen molar-refractivity contribution in [2.45, 2.75) is 13.3 Å². The van der Waals surface area contributed by atoms with Crippen molar-refractivity contribution in [2.24, 2.45) is 0 Å². The summed E-state index contributed by atoms with van der Waals surface area (Å²) < 4.78 is 5.99. The van der Waals surface area contributed by atoms with E-state index in [0.717, 1.165) is 23.3 Å². The van der Waals surface area contributed by atoms with Crippen LogP contribution in [0.3, 0.4) is 0 Å². The first kappa shape index (κ1) is 15.9. The lowest BCUT2D eigenvalue weighted by molar-refractivity contribution is 0.311. The Kier molecular flexibility index (Phi) is 6.31. The molecule has 0 radical (unpaired) electrons. The highest BCUT2D eigenvalue weighted by Crippen LogP contribution is 2.18. The molecule has 1 aliphatic carbocycles. The van der Waals surface area contributed by atoms with Crippen LogP contribution in [0.1, 0.15) is 18.9 Å². The fourth-order valence-electron chi connectivity index (χ4n) is 2.22. The molecule has 1 aliphatic rings. The van der Waals surface area contributed by atoms with Crippen molar-refractivity contribution < 1.29 is 4.74 Å². The number of hydrogen-bond donors (Lipinski definition) is 1. The summed E-state index contributed by atoms with van der Waals surface area (Å²) >= 11 is 0. The van der Waals surface area contributed by atoms with Gasteiger partial charge in [-0.25, -0.2) is 0 Å². The highest BCUT2D eigenvalue weighted by Gasteiger charge is 2.04. The summed E-state index contributed by atoms with van der Waals surface area (Å²) in [5.74, 6) is 0.847. The van der Waals surface area contributed by atoms with Gasteiger partial charge in [0.05, 0.1) is 0 Å². The molecule has 1 aromatic rings. The van der Waals surface area contributed by atoms with Crippen LogP contribution in [-0.4, -0.2) is 13.7 Å². The first-order valence-electron chi connectivity index (χ1n) is 7.58. The average molecular weight is 293 g/mol. The maximum absolute atomic E-state index is 5.99. The molecule has 0 fully saturated rings. The Balaban J connectivity index is 2.06. The number of allylic oxidation sites excluding steroid dienone is 6. The van der Waals surface area contributed by atoms with Crippen molar-refractivity contribution in [3.8, 4) is 0 Å². The summed E-state index contributed by atoms with van der Waals surface area (Å²) in [6.45, 7) is 2.59. The summed E-state index contributed by atoms with van der Waals surface area (Å²) in [7, 11) is 1.88. The SMILES string of the molecule is C/C=C/C1=CC=C(CO/C(=C\NC)c2ccccc2)C=CC1. The predicted octanol–water partition coefficient (Wildman–Crippen LogP) is 4.61. The molecule has 1 N–H and O–H groups in total. The van der Waals surface area contributed by atoms with Crippen molar-refractivity contribution in [2.75, 3.05) is 13.7 Å². The van der Waals surface area contributed by atoms with E-state index in [1.165, 1.54) is 5.57 Å². The highest BCUT2D eigenvalue weighted by atomic mass is 16.5. The quantitative estimate of drug-likeness (QED) is 0.773. The predicted molar refractivity (Wildman–Crippen MR) is 94.2 cm³/mol. The van der Waals surface area contributed by atoms with E-state index in [9.17, 15) is 0 Å². The molecule has 1 aromatic carbocycles. The van der Waals surface area contributed by atoms with Crippen LogP contribution in [-0.2, 0) is 4.74 Å². The van der Waals surface area contributed by atoms with E-state index >= 15 is 0 Å². The van der Waals surface area contributed by atoms with Gasteiger partial charge in [0.1, 0.15) is 12.4 Å². The summed E-state index contributed by atoms with van der Waals surface area (Å²) in [6.07, 6.45) is 15.6. The topological polar surface area (TPSA) is 21.3 Å². The van der Waals surface area contributed by atoms with E-state index in [2.05, 4.69) is 41.8 Å². The largest absolute Gasteiger partial charge is 0.487 e. The molecule has 0 heterocycles. The van der Waals surface area contributed by atoms with Crippen LogP contribution in [0.4, 0.5) is 0 Å². The minimum Gasteiger partial charge on any atom is -0.487 e. The number of rotatable bonds is 6. The summed E-state index contributed by atoms with van der Waals surface area (Å²) in [6, 6.07) is 10.1. The molecule has 0 bridgehead atoms. The Bertz CT molecular complexity index is 618. The third-order valence-corrected chi connectivity index (χ3v) is 3.31. The van der Waals surface area contributed by atoms with Gasteiger partial charge in [0.2, 0.25) is 0 Å². The Morgan fingerprint density at radius 2 is 2.05 bits per heavy atom. The van der Waals surface area contributed by atoms with Crippen molar-refractivity contribution in [3.05, 3.63) is 89.7 Å². The molecule has 0 amide bonds. The molecule has 114 valence electrons. The first-order chi connectivity index (χ1) is 10.8. The monoisotopic (exact) mass is 293 g/mol. The molecule has 0 saturated heterocycles. The Hall–Kier alpha value is -2.48. The van der Waals surface area contributed by atoms with Crippen LogP contribution in [0, 0.1) is 0 Å². The molecular weight excluding hydrogens is 270 g/mol. The lowest BCUT2D eigenvalue weighted by Gasteiger charge is -2.11. The van der Waals surface area contributed by atoms with Gasteiger partial charge in [0.15, 0.2) is 0 Å². The van der Waals surface area contributed by atoms with Gasteiger partial charge in [0, 0.05) is 18.8 Å². The molecule has 0 aromatic heterocycles. The van der Waals surface area contributed by atoms with Gasteiger partial charge in [-0.1, -0.05) is 66.8 Å². The van der Waals surface area contributed by atoms with E-state index in [4.69, 9.17) is 4.74 Å². The highest BCUT2D eigenvalue weighted by molar-refractivity contribution is 5.59. The van der Waals surface area contributed by atoms with Gasteiger partial charge < -0.3 is 10.1 Å². The normalized spacial score (nSPS) is 15.3. The van der Waals surface area contributed by atoms with Gasteiger partial charge in [0.25, 0.3) is 0 Å². The van der Waals surface area contributed by atoms with E-state index in [1.807, 2.05) is 50.5 Å². The van der Waals surface area contributed by atoms with E-state index < -0.39 is 0 Å². The Morgan fingerprint density at radius 3 is 2.77 bits per heavy atom. The molecule has 0 atom stereocenters. The van der Waals surface area contributed by atoms with E-state index in [-0.39, 0.29) is 0 Å². The van der Waals surface area contributed by atoms with Crippen LogP contribution in [0.25, 0.3) is 5.76 Å². The summed E-state index contributed by atoms with van der Waals surface area (Å²) in [5.41, 5.74) is 3.54. The second-order valence-corrected chi connectivity index (χ2v) is 5.04. The fraction of sp³-hybridized carbons (Fsp3) is 0.200. The first-order valence-corrected chi connectivity index (χ1v) is 7.58. The van der Waals surface area contributed by atoms with Crippen LogP contribution in [0.2, 0.25) is 0 Å². The number of nitrogens with one attached hydrogen (secondary N) is 1. The maximum atomic E-state index is 5.99. The van der Waals surface area contributed by atoms with Gasteiger partial charge in [-0.15, -0.1) is 0 Å². The van der Waals surface area contributed by atoms with Gasteiger partial charge >= 0.3 is 0 Å². The maximum Gasteiger partial charge on any atom is 0.142 e. The van der Waals surface area contributed by atoms with Crippen LogP contribution < -0.4 is 5.32 Å². The van der Waals surface area contributed by atoms with Crippen molar-refractivity contribution >= 4 is 5.76 Å². The van der Waals surface area contributed by atoms with Crippen LogP contribution in [0.15, 0.2) is 84.1 Å².